The summed E-state index contributed by atoms with van der Waals surface area (Å²) in [5, 5.41) is 3.52. The summed E-state index contributed by atoms with van der Waals surface area (Å²) in [4.78, 5) is 17.2. The van der Waals surface area contributed by atoms with Gasteiger partial charge < -0.3 is 5.32 Å². The molecule has 2 aromatic carbocycles. The van der Waals surface area contributed by atoms with E-state index >= 15 is 0 Å². The molecule has 0 atom stereocenters. The molecule has 3 aromatic heterocycles. The number of benzene rings is 2. The molecule has 0 aliphatic rings. The number of carbonyl (C=O) groups is 1. The lowest BCUT2D eigenvalue weighted by atomic mass is 10.1. The normalized spacial score (nSPS) is 11.6. The molecular formula is C25H18FN3O3S2. The largest absolute Gasteiger partial charge is 0.355 e. The molecule has 1 amide bonds. The van der Waals surface area contributed by atoms with E-state index < -0.39 is 21.7 Å². The van der Waals surface area contributed by atoms with Crippen molar-refractivity contribution < 1.29 is 17.6 Å². The van der Waals surface area contributed by atoms with Gasteiger partial charge in [-0.3, -0.25) is 9.78 Å². The van der Waals surface area contributed by atoms with Crippen LogP contribution < -0.4 is 5.32 Å². The second-order valence-electron chi connectivity index (χ2n) is 7.53. The molecule has 0 aliphatic heterocycles. The zero-order valence-electron chi connectivity index (χ0n) is 17.9. The highest BCUT2D eigenvalue weighted by atomic mass is 32.2. The van der Waals surface area contributed by atoms with Crippen molar-refractivity contribution in [2.75, 3.05) is 7.05 Å². The first-order valence-corrected chi connectivity index (χ1v) is 12.5. The number of fused-ring (bicyclic) bond motifs is 1. The number of halogens is 1. The minimum Gasteiger partial charge on any atom is -0.355 e. The lowest BCUT2D eigenvalue weighted by molar-refractivity contribution is 0.0963. The maximum atomic E-state index is 14.6. The zero-order valence-corrected chi connectivity index (χ0v) is 19.5. The molecule has 9 heteroatoms. The molecule has 0 saturated heterocycles. The smallest absolute Gasteiger partial charge is 0.269 e. The van der Waals surface area contributed by atoms with Crippen LogP contribution in [-0.4, -0.2) is 30.3 Å². The minimum atomic E-state index is -4.20. The first-order valence-electron chi connectivity index (χ1n) is 10.3. The van der Waals surface area contributed by atoms with E-state index in [2.05, 4.69) is 10.3 Å². The Morgan fingerprint density at radius 3 is 2.56 bits per heavy atom. The molecule has 5 aromatic rings. The molecule has 34 heavy (non-hydrogen) atoms. The number of amides is 1. The standard InChI is InChI=1S/C25H18FN3O3S2/c1-27-25(30)18-11-22(20-7-3-4-8-21(20)26)29(15-18)34(31,32)19-10-17(13-28-14-19)24-12-16-6-2-5-9-23(16)33-24/h2-15H,1H3,(H,27,30). The summed E-state index contributed by atoms with van der Waals surface area (Å²) >= 11 is 1.53. The Morgan fingerprint density at radius 1 is 1.03 bits per heavy atom. The van der Waals surface area contributed by atoms with Crippen molar-refractivity contribution in [1.29, 1.82) is 0 Å². The van der Waals surface area contributed by atoms with Crippen molar-refractivity contribution in [2.24, 2.45) is 0 Å². The molecule has 0 aliphatic carbocycles. The van der Waals surface area contributed by atoms with Crippen LogP contribution in [0.4, 0.5) is 4.39 Å². The van der Waals surface area contributed by atoms with Gasteiger partial charge in [0.15, 0.2) is 0 Å². The van der Waals surface area contributed by atoms with E-state index in [0.717, 1.165) is 18.9 Å². The molecule has 0 fully saturated rings. The van der Waals surface area contributed by atoms with Crippen LogP contribution in [-0.2, 0) is 10.0 Å². The predicted octanol–water partition coefficient (Wildman–Crippen LogP) is 5.17. The monoisotopic (exact) mass is 491 g/mol. The molecule has 170 valence electrons. The fraction of sp³-hybridized carbons (Fsp3) is 0.0400. The molecule has 3 heterocycles. The maximum absolute atomic E-state index is 14.6. The Balaban J connectivity index is 1.66. The van der Waals surface area contributed by atoms with Crippen LogP contribution in [0.15, 0.2) is 90.2 Å². The number of carbonyl (C=O) groups excluding carboxylic acids is 1. The van der Waals surface area contributed by atoms with E-state index in [4.69, 9.17) is 0 Å². The van der Waals surface area contributed by atoms with Crippen molar-refractivity contribution in [3.05, 3.63) is 96.7 Å². The van der Waals surface area contributed by atoms with Crippen LogP contribution in [0.25, 0.3) is 31.8 Å². The van der Waals surface area contributed by atoms with E-state index in [1.807, 2.05) is 30.3 Å². The van der Waals surface area contributed by atoms with Gasteiger partial charge in [0.2, 0.25) is 0 Å². The summed E-state index contributed by atoms with van der Waals surface area (Å²) in [5.74, 6) is -1.08. The van der Waals surface area contributed by atoms with Gasteiger partial charge in [0.05, 0.1) is 11.3 Å². The van der Waals surface area contributed by atoms with E-state index in [0.29, 0.717) is 5.56 Å². The Morgan fingerprint density at radius 2 is 1.79 bits per heavy atom. The number of nitrogens with zero attached hydrogens (tertiary/aromatic N) is 2. The van der Waals surface area contributed by atoms with Crippen molar-refractivity contribution in [3.8, 4) is 21.7 Å². The van der Waals surface area contributed by atoms with Crippen LogP contribution in [0.2, 0.25) is 0 Å². The van der Waals surface area contributed by atoms with E-state index in [1.54, 1.807) is 12.3 Å². The molecule has 6 nitrogen and oxygen atoms in total. The highest BCUT2D eigenvalue weighted by molar-refractivity contribution is 7.90. The number of hydrogen-bond acceptors (Lipinski definition) is 5. The highest BCUT2D eigenvalue weighted by Gasteiger charge is 2.25. The highest BCUT2D eigenvalue weighted by Crippen LogP contribution is 2.35. The van der Waals surface area contributed by atoms with Gasteiger partial charge in [-0.05, 0) is 41.8 Å². The van der Waals surface area contributed by atoms with Crippen LogP contribution in [0.3, 0.4) is 0 Å². The third-order valence-corrected chi connectivity index (χ3v) is 8.21. The zero-order chi connectivity index (χ0) is 23.9. The van der Waals surface area contributed by atoms with Crippen molar-refractivity contribution in [3.63, 3.8) is 0 Å². The predicted molar refractivity (Wildman–Crippen MR) is 131 cm³/mol. The summed E-state index contributed by atoms with van der Waals surface area (Å²) < 4.78 is 44.0. The van der Waals surface area contributed by atoms with Gasteiger partial charge in [-0.1, -0.05) is 30.3 Å². The van der Waals surface area contributed by atoms with Crippen LogP contribution in [0.1, 0.15) is 10.4 Å². The number of rotatable bonds is 5. The average Bonchev–Trinajstić information content (AvgIpc) is 3.49. The number of aromatic nitrogens is 2. The summed E-state index contributed by atoms with van der Waals surface area (Å²) in [5.41, 5.74) is 0.852. The lowest BCUT2D eigenvalue weighted by Gasteiger charge is -2.11. The van der Waals surface area contributed by atoms with Crippen molar-refractivity contribution in [2.45, 2.75) is 4.90 Å². The van der Waals surface area contributed by atoms with Gasteiger partial charge in [-0.15, -0.1) is 11.3 Å². The fourth-order valence-electron chi connectivity index (χ4n) is 3.71. The summed E-state index contributed by atoms with van der Waals surface area (Å²) in [6.45, 7) is 0. The van der Waals surface area contributed by atoms with Crippen LogP contribution in [0, 0.1) is 5.82 Å². The van der Waals surface area contributed by atoms with Crippen molar-refractivity contribution >= 4 is 37.4 Å². The molecule has 0 bridgehead atoms. The topological polar surface area (TPSA) is 81.1 Å². The molecule has 0 unspecified atom stereocenters. The quantitative estimate of drug-likeness (QED) is 0.368. The number of pyridine rings is 1. The molecule has 0 saturated carbocycles. The van der Waals surface area contributed by atoms with Gasteiger partial charge in [-0.2, -0.15) is 0 Å². The SMILES string of the molecule is CNC(=O)c1cc(-c2ccccc2F)n(S(=O)(=O)c2cncc(-c3cc4ccccc4s3)c2)c1. The molecule has 0 spiro atoms. The summed E-state index contributed by atoms with van der Waals surface area (Å²) in [6.07, 6.45) is 4.05. The summed E-state index contributed by atoms with van der Waals surface area (Å²) in [7, 11) is -2.76. The Labute approximate surface area is 199 Å². The summed E-state index contributed by atoms with van der Waals surface area (Å²) in [6, 6.07) is 18.6. The van der Waals surface area contributed by atoms with E-state index in [-0.39, 0.29) is 21.7 Å². The second-order valence-corrected chi connectivity index (χ2v) is 10.4. The van der Waals surface area contributed by atoms with Gasteiger partial charge in [0.25, 0.3) is 15.9 Å². The van der Waals surface area contributed by atoms with Crippen LogP contribution in [0.5, 0.6) is 0 Å². The van der Waals surface area contributed by atoms with Gasteiger partial charge >= 0.3 is 0 Å². The number of hydrogen-bond donors (Lipinski definition) is 1. The fourth-order valence-corrected chi connectivity index (χ4v) is 6.11. The third-order valence-electron chi connectivity index (χ3n) is 5.41. The number of thiophene rings is 1. The molecule has 0 radical (unpaired) electrons. The Hall–Kier alpha value is -3.82. The van der Waals surface area contributed by atoms with Crippen LogP contribution >= 0.6 is 11.3 Å². The maximum Gasteiger partial charge on any atom is 0.269 e. The van der Waals surface area contributed by atoms with Gasteiger partial charge in [0, 0.05) is 46.3 Å². The van der Waals surface area contributed by atoms with Crippen molar-refractivity contribution in [1.82, 2.24) is 14.3 Å². The average molecular weight is 492 g/mol. The van der Waals surface area contributed by atoms with E-state index in [1.165, 1.54) is 61.1 Å². The Kier molecular flexibility index (Phi) is 5.51. The molecule has 1 N–H and O–H groups in total. The molecular weight excluding hydrogens is 473 g/mol. The first kappa shape index (κ1) is 22.0. The second kappa shape index (κ2) is 8.51. The first-order chi connectivity index (χ1) is 16.4. The Bertz CT molecular complexity index is 1620. The molecule has 5 rings (SSSR count). The van der Waals surface area contributed by atoms with Gasteiger partial charge in [-0.25, -0.2) is 16.8 Å². The number of nitrogens with one attached hydrogen (secondary N) is 1. The minimum absolute atomic E-state index is 0.0453. The van der Waals surface area contributed by atoms with E-state index in [9.17, 15) is 17.6 Å². The van der Waals surface area contributed by atoms with Gasteiger partial charge in [0.1, 0.15) is 10.7 Å². The third kappa shape index (κ3) is 3.78. The lowest BCUT2D eigenvalue weighted by Crippen LogP contribution is -2.17.